The molecular formula is C19H20O5. The van der Waals surface area contributed by atoms with Gasteiger partial charge in [0.25, 0.3) is 0 Å². The van der Waals surface area contributed by atoms with Crippen LogP contribution in [0.5, 0.6) is 23.0 Å². The van der Waals surface area contributed by atoms with Crippen LogP contribution >= 0.6 is 0 Å². The number of rotatable bonds is 2. The Kier molecular flexibility index (Phi) is 3.35. The summed E-state index contributed by atoms with van der Waals surface area (Å²) in [5, 5.41) is 10.8. The van der Waals surface area contributed by atoms with E-state index in [0.29, 0.717) is 17.2 Å². The third kappa shape index (κ3) is 2.27. The Morgan fingerprint density at radius 3 is 2.42 bits per heavy atom. The molecule has 24 heavy (non-hydrogen) atoms. The molecule has 4 rings (SSSR count). The number of hydrogen-bond acceptors (Lipinski definition) is 5. The molecule has 3 atom stereocenters. The smallest absolute Gasteiger partial charge is 0.231 e. The number of hydrogen-bond donors (Lipinski definition) is 1. The fraction of sp³-hybridized carbons (Fsp3) is 0.368. The maximum absolute atomic E-state index is 10.8. The Balaban J connectivity index is 1.85. The summed E-state index contributed by atoms with van der Waals surface area (Å²) in [6.07, 6.45) is 0. The van der Waals surface area contributed by atoms with Crippen LogP contribution in [0.25, 0.3) is 0 Å². The Morgan fingerprint density at radius 1 is 1.08 bits per heavy atom. The van der Waals surface area contributed by atoms with Gasteiger partial charge in [0.2, 0.25) is 12.6 Å². The van der Waals surface area contributed by atoms with E-state index in [1.54, 1.807) is 20.1 Å². The van der Waals surface area contributed by atoms with Gasteiger partial charge in [-0.05, 0) is 23.8 Å². The molecule has 1 N–H and O–H groups in total. The molecule has 0 spiro atoms. The Morgan fingerprint density at radius 2 is 1.75 bits per heavy atom. The number of aliphatic hydroxyl groups is 1. The molecule has 126 valence electrons. The van der Waals surface area contributed by atoms with Crippen LogP contribution in [-0.2, 0) is 0 Å². The lowest BCUT2D eigenvalue weighted by Crippen LogP contribution is -2.45. The van der Waals surface area contributed by atoms with E-state index in [1.165, 1.54) is 0 Å². The summed E-state index contributed by atoms with van der Waals surface area (Å²) in [6, 6.07) is 11.7. The van der Waals surface area contributed by atoms with Gasteiger partial charge >= 0.3 is 0 Å². The normalized spacial score (nSPS) is 27.3. The molecule has 0 aromatic heterocycles. The van der Waals surface area contributed by atoms with E-state index in [4.69, 9.17) is 18.9 Å². The van der Waals surface area contributed by atoms with Crippen LogP contribution in [0.2, 0.25) is 0 Å². The minimum Gasteiger partial charge on any atom is -0.497 e. The lowest BCUT2D eigenvalue weighted by atomic mass is 9.75. The van der Waals surface area contributed by atoms with Gasteiger partial charge in [0, 0.05) is 30.4 Å². The van der Waals surface area contributed by atoms with Crippen molar-refractivity contribution in [2.45, 2.75) is 25.6 Å². The highest BCUT2D eigenvalue weighted by atomic mass is 16.7. The van der Waals surface area contributed by atoms with Crippen molar-refractivity contribution >= 4 is 0 Å². The molecule has 0 radical (unpaired) electrons. The van der Waals surface area contributed by atoms with Crippen LogP contribution in [0, 0.1) is 5.92 Å². The minimum atomic E-state index is -1.27. The van der Waals surface area contributed by atoms with Crippen LogP contribution in [0.3, 0.4) is 0 Å². The number of benzene rings is 2. The second-order valence-corrected chi connectivity index (χ2v) is 6.44. The van der Waals surface area contributed by atoms with Gasteiger partial charge in [-0.25, -0.2) is 0 Å². The van der Waals surface area contributed by atoms with Gasteiger partial charge in [-0.3, -0.25) is 0 Å². The zero-order chi connectivity index (χ0) is 16.9. The second kappa shape index (κ2) is 5.31. The van der Waals surface area contributed by atoms with Crippen LogP contribution < -0.4 is 18.9 Å². The van der Waals surface area contributed by atoms with E-state index in [-0.39, 0.29) is 18.6 Å². The predicted octanol–water partition coefficient (Wildman–Crippen LogP) is 3.29. The van der Waals surface area contributed by atoms with Crippen molar-refractivity contribution in [3.05, 3.63) is 47.5 Å². The first-order valence-electron chi connectivity index (χ1n) is 7.98. The van der Waals surface area contributed by atoms with E-state index in [1.807, 2.05) is 37.3 Å². The lowest BCUT2D eigenvalue weighted by molar-refractivity contribution is -0.171. The zero-order valence-corrected chi connectivity index (χ0v) is 13.9. The number of fused-ring (bicyclic) bond motifs is 2. The number of methoxy groups -OCH3 is 1. The van der Waals surface area contributed by atoms with Crippen molar-refractivity contribution in [1.29, 1.82) is 0 Å². The molecule has 0 saturated carbocycles. The fourth-order valence-corrected chi connectivity index (χ4v) is 3.44. The first-order valence-corrected chi connectivity index (χ1v) is 7.98. The molecule has 0 fully saturated rings. The molecule has 2 aromatic carbocycles. The summed E-state index contributed by atoms with van der Waals surface area (Å²) in [5.74, 6) is 1.35. The Hall–Kier alpha value is -2.40. The van der Waals surface area contributed by atoms with Gasteiger partial charge in [-0.1, -0.05) is 19.1 Å². The monoisotopic (exact) mass is 328 g/mol. The van der Waals surface area contributed by atoms with E-state index in [2.05, 4.69) is 0 Å². The van der Waals surface area contributed by atoms with E-state index in [0.717, 1.165) is 16.9 Å². The summed E-state index contributed by atoms with van der Waals surface area (Å²) in [5.41, 5.74) is 2.08. The molecule has 2 aromatic rings. The van der Waals surface area contributed by atoms with E-state index < -0.39 is 5.79 Å². The zero-order valence-electron chi connectivity index (χ0n) is 13.9. The summed E-state index contributed by atoms with van der Waals surface area (Å²) in [7, 11) is 1.65. The molecule has 0 amide bonds. The molecule has 5 nitrogen and oxygen atoms in total. The molecule has 0 aliphatic carbocycles. The topological polar surface area (TPSA) is 57.2 Å². The van der Waals surface area contributed by atoms with Gasteiger partial charge in [0.05, 0.1) is 7.11 Å². The summed E-state index contributed by atoms with van der Waals surface area (Å²) < 4.78 is 22.0. The summed E-state index contributed by atoms with van der Waals surface area (Å²) >= 11 is 0. The van der Waals surface area contributed by atoms with Crippen LogP contribution in [-0.4, -0.2) is 24.8 Å². The van der Waals surface area contributed by atoms with Crippen LogP contribution in [0.15, 0.2) is 36.4 Å². The van der Waals surface area contributed by atoms with Gasteiger partial charge in [0.1, 0.15) is 11.5 Å². The van der Waals surface area contributed by atoms with Crippen molar-refractivity contribution in [2.24, 2.45) is 5.92 Å². The maximum atomic E-state index is 10.8. The first-order chi connectivity index (χ1) is 11.5. The molecule has 2 aliphatic heterocycles. The van der Waals surface area contributed by atoms with Crippen molar-refractivity contribution < 1.29 is 24.1 Å². The van der Waals surface area contributed by atoms with Gasteiger partial charge in [0.15, 0.2) is 11.5 Å². The molecule has 2 aliphatic rings. The molecule has 0 bridgehead atoms. The third-order valence-corrected chi connectivity index (χ3v) is 4.98. The molecule has 0 unspecified atom stereocenters. The Labute approximate surface area is 140 Å². The van der Waals surface area contributed by atoms with Crippen molar-refractivity contribution in [1.82, 2.24) is 0 Å². The average Bonchev–Trinajstić information content (AvgIpc) is 3.01. The average molecular weight is 328 g/mol. The van der Waals surface area contributed by atoms with Crippen LogP contribution in [0.1, 0.15) is 30.9 Å². The van der Waals surface area contributed by atoms with E-state index in [9.17, 15) is 5.11 Å². The first kappa shape index (κ1) is 15.1. The Bertz CT molecular complexity index is 766. The highest BCUT2D eigenvalue weighted by molar-refractivity contribution is 5.56. The fourth-order valence-electron chi connectivity index (χ4n) is 3.44. The molecule has 5 heteroatoms. The van der Waals surface area contributed by atoms with Gasteiger partial charge in [-0.15, -0.1) is 0 Å². The standard InChI is InChI=1S/C19H20O5/c1-11-18(12-4-6-13(21-3)7-5-12)14-8-16-17(23-10-22-16)9-15(14)24-19(11,2)20/h4-9,11,18,20H,10H2,1-3H3/t11-,18-,19+/m1/s1. The SMILES string of the molecule is COc1ccc([C@@H]2c3cc4c(cc3O[C@](C)(O)[C@@H]2C)OCO4)cc1. The second-order valence-electron chi connectivity index (χ2n) is 6.44. The number of ether oxygens (including phenoxy) is 4. The maximum Gasteiger partial charge on any atom is 0.231 e. The van der Waals surface area contributed by atoms with Gasteiger partial charge in [-0.2, -0.15) is 0 Å². The summed E-state index contributed by atoms with van der Waals surface area (Å²) in [4.78, 5) is 0. The largest absolute Gasteiger partial charge is 0.497 e. The third-order valence-electron chi connectivity index (χ3n) is 4.98. The van der Waals surface area contributed by atoms with Gasteiger partial charge < -0.3 is 24.1 Å². The minimum absolute atomic E-state index is 0.0239. The predicted molar refractivity (Wildman–Crippen MR) is 87.8 cm³/mol. The van der Waals surface area contributed by atoms with E-state index >= 15 is 0 Å². The molecular weight excluding hydrogens is 308 g/mol. The van der Waals surface area contributed by atoms with Crippen molar-refractivity contribution in [3.63, 3.8) is 0 Å². The van der Waals surface area contributed by atoms with Crippen molar-refractivity contribution in [3.8, 4) is 23.0 Å². The van der Waals surface area contributed by atoms with Crippen molar-refractivity contribution in [2.75, 3.05) is 13.9 Å². The lowest BCUT2D eigenvalue weighted by Gasteiger charge is -2.42. The highest BCUT2D eigenvalue weighted by Crippen LogP contribution is 2.51. The summed E-state index contributed by atoms with van der Waals surface area (Å²) in [6.45, 7) is 3.89. The van der Waals surface area contributed by atoms with Crippen LogP contribution in [0.4, 0.5) is 0 Å². The quantitative estimate of drug-likeness (QED) is 0.917. The molecule has 0 saturated heterocycles. The highest BCUT2D eigenvalue weighted by Gasteiger charge is 2.44. The molecule has 2 heterocycles.